The van der Waals surface area contributed by atoms with E-state index in [0.717, 1.165) is 25.0 Å². The van der Waals surface area contributed by atoms with Crippen molar-refractivity contribution in [2.75, 3.05) is 29.5 Å². The first-order chi connectivity index (χ1) is 27.1. The fraction of sp³-hybridized carbons (Fsp3) is 0.537. The van der Waals surface area contributed by atoms with Crippen LogP contribution in [0.2, 0.25) is 0 Å². The number of rotatable bonds is 9. The number of aromatic nitrogens is 5. The van der Waals surface area contributed by atoms with Crippen LogP contribution in [0.5, 0.6) is 0 Å². The normalized spacial score (nSPS) is 17.5. The van der Waals surface area contributed by atoms with Gasteiger partial charge < -0.3 is 33.7 Å². The van der Waals surface area contributed by atoms with Gasteiger partial charge in [0.25, 0.3) is 0 Å². The van der Waals surface area contributed by atoms with Crippen molar-refractivity contribution < 1.29 is 42.1 Å². The fourth-order valence-corrected chi connectivity index (χ4v) is 6.53. The summed E-state index contributed by atoms with van der Waals surface area (Å²) < 4.78 is 53.2. The van der Waals surface area contributed by atoms with Gasteiger partial charge in [-0.25, -0.2) is 38.1 Å². The highest BCUT2D eigenvalue weighted by Crippen LogP contribution is 2.35. The number of anilines is 2. The number of carbonyl (C=O) groups is 3. The summed E-state index contributed by atoms with van der Waals surface area (Å²) in [5.74, 6) is -2.14. The molecule has 1 aliphatic carbocycles. The molecule has 2 fully saturated rings. The Morgan fingerprint density at radius 1 is 0.879 bits per heavy atom. The standard InChI is InChI=1S/C41H52F2N8O7/c1-38(2,3)56-35(52)48-41(22-55-27-12-13-27)15-10-16-49(21-41)31-19-44-30(25-11-14-28(42)29(43)17-25)18-26(31)20-50-24-47-32-33(50)45-23-46-34(32)51(36(53)57-39(4,5)6)37(54)58-40(7,8)9/h11,14,17-19,23-24,27H,10,12-13,15-16,20-22H2,1-9H3,(H,48,52). The molecule has 1 aliphatic heterocycles. The van der Waals surface area contributed by atoms with E-state index < -0.39 is 52.3 Å². The van der Waals surface area contributed by atoms with Crippen LogP contribution in [0.15, 0.2) is 43.1 Å². The van der Waals surface area contributed by atoms with E-state index in [1.165, 1.54) is 18.7 Å². The molecule has 0 spiro atoms. The summed E-state index contributed by atoms with van der Waals surface area (Å²) in [6, 6.07) is 5.36. The third kappa shape index (κ3) is 10.5. The average Bonchev–Trinajstić information content (AvgIpc) is 3.85. The lowest BCUT2D eigenvalue weighted by atomic mass is 9.89. The number of benzene rings is 1. The van der Waals surface area contributed by atoms with Crippen LogP contribution in [0.3, 0.4) is 0 Å². The number of hydrogen-bond acceptors (Lipinski definition) is 12. The van der Waals surface area contributed by atoms with Gasteiger partial charge in [-0.05, 0) is 118 Å². The molecule has 1 N–H and O–H groups in total. The van der Waals surface area contributed by atoms with E-state index in [4.69, 9.17) is 18.9 Å². The SMILES string of the molecule is CC(C)(C)OC(=O)NC1(COC2CC2)CCCN(c2cnc(-c3ccc(F)c(F)c3)cc2Cn2cnc3c(N(C(=O)OC(C)(C)C)C(=O)OC(C)(C)C)ncnc32)C1. The zero-order chi connectivity index (χ0) is 42.2. The Labute approximate surface area is 336 Å². The molecule has 3 amide bonds. The highest BCUT2D eigenvalue weighted by molar-refractivity contribution is 6.12. The first-order valence-corrected chi connectivity index (χ1v) is 19.3. The summed E-state index contributed by atoms with van der Waals surface area (Å²) in [5, 5.41) is 3.14. The van der Waals surface area contributed by atoms with Crippen LogP contribution in [-0.2, 0) is 25.5 Å². The summed E-state index contributed by atoms with van der Waals surface area (Å²) in [6.07, 6.45) is 5.21. The van der Waals surface area contributed by atoms with E-state index in [0.29, 0.717) is 53.3 Å². The van der Waals surface area contributed by atoms with Gasteiger partial charge in [-0.2, -0.15) is 4.90 Å². The maximum atomic E-state index is 14.5. The molecule has 2 aliphatic rings. The molecular formula is C41H52F2N8O7. The van der Waals surface area contributed by atoms with Crippen molar-refractivity contribution in [1.29, 1.82) is 0 Å². The molecule has 4 aromatic rings. The van der Waals surface area contributed by atoms with Crippen molar-refractivity contribution in [1.82, 2.24) is 29.8 Å². The van der Waals surface area contributed by atoms with Crippen LogP contribution in [-0.4, -0.2) is 90.9 Å². The second-order valence-corrected chi connectivity index (χ2v) is 17.8. The number of imidazole rings is 1. The lowest BCUT2D eigenvalue weighted by Gasteiger charge is -2.44. The molecule has 15 nitrogen and oxygen atoms in total. The molecule has 312 valence electrons. The number of alkyl carbamates (subject to hydrolysis) is 1. The molecule has 0 radical (unpaired) electrons. The summed E-state index contributed by atoms with van der Waals surface area (Å²) in [5.41, 5.74) is -0.889. The van der Waals surface area contributed by atoms with E-state index in [9.17, 15) is 23.2 Å². The minimum absolute atomic E-state index is 0.117. The van der Waals surface area contributed by atoms with Crippen LogP contribution in [0.4, 0.5) is 34.7 Å². The zero-order valence-corrected chi connectivity index (χ0v) is 34.5. The number of halogens is 2. The summed E-state index contributed by atoms with van der Waals surface area (Å²) >= 11 is 0. The largest absolute Gasteiger partial charge is 0.444 e. The topological polar surface area (TPSA) is 163 Å². The fourth-order valence-electron chi connectivity index (χ4n) is 6.53. The predicted octanol–water partition coefficient (Wildman–Crippen LogP) is 7.93. The van der Waals surface area contributed by atoms with Gasteiger partial charge in [0.1, 0.15) is 23.1 Å². The number of hydrogen-bond donors (Lipinski definition) is 1. The Kier molecular flexibility index (Phi) is 11.7. The van der Waals surface area contributed by atoms with Gasteiger partial charge in [0.15, 0.2) is 28.6 Å². The smallest absolute Gasteiger partial charge is 0.425 e. The monoisotopic (exact) mass is 806 g/mol. The zero-order valence-electron chi connectivity index (χ0n) is 34.5. The van der Waals surface area contributed by atoms with Gasteiger partial charge in [-0.1, -0.05) is 0 Å². The Morgan fingerprint density at radius 3 is 2.17 bits per heavy atom. The number of amides is 3. The third-order valence-electron chi connectivity index (χ3n) is 9.07. The maximum Gasteiger partial charge on any atom is 0.425 e. The maximum absolute atomic E-state index is 14.5. The van der Waals surface area contributed by atoms with Gasteiger partial charge in [0.05, 0.1) is 48.7 Å². The molecule has 1 atom stereocenters. The lowest BCUT2D eigenvalue weighted by Crippen LogP contribution is -2.62. The molecule has 4 heterocycles. The molecule has 3 aromatic heterocycles. The van der Waals surface area contributed by atoms with Crippen molar-refractivity contribution >= 4 is 40.9 Å². The van der Waals surface area contributed by atoms with Crippen LogP contribution in [0, 0.1) is 11.6 Å². The molecule has 58 heavy (non-hydrogen) atoms. The van der Waals surface area contributed by atoms with E-state index in [-0.39, 0.29) is 36.2 Å². The van der Waals surface area contributed by atoms with Crippen LogP contribution in [0.1, 0.15) is 93.6 Å². The minimum Gasteiger partial charge on any atom is -0.444 e. The molecular weight excluding hydrogens is 754 g/mol. The number of nitrogens with one attached hydrogen (secondary N) is 1. The minimum atomic E-state index is -1.01. The average molecular weight is 807 g/mol. The number of imide groups is 1. The molecule has 0 bridgehead atoms. The molecule has 1 aromatic carbocycles. The van der Waals surface area contributed by atoms with Crippen molar-refractivity contribution in [3.05, 3.63) is 60.3 Å². The highest BCUT2D eigenvalue weighted by Gasteiger charge is 2.41. The third-order valence-corrected chi connectivity index (χ3v) is 9.07. The Balaban J connectivity index is 1.41. The molecule has 1 unspecified atom stereocenters. The second kappa shape index (κ2) is 16.1. The lowest BCUT2D eigenvalue weighted by molar-refractivity contribution is 0.0209. The second-order valence-electron chi connectivity index (χ2n) is 17.8. The number of fused-ring (bicyclic) bond motifs is 1. The first-order valence-electron chi connectivity index (χ1n) is 19.3. The van der Waals surface area contributed by atoms with Gasteiger partial charge >= 0.3 is 18.3 Å². The number of carbonyl (C=O) groups excluding carboxylic acids is 3. The molecule has 6 rings (SSSR count). The number of ether oxygens (including phenoxy) is 4. The van der Waals surface area contributed by atoms with Crippen molar-refractivity contribution in [3.63, 3.8) is 0 Å². The number of piperidine rings is 1. The molecule has 17 heteroatoms. The van der Waals surface area contributed by atoms with Gasteiger partial charge in [-0.15, -0.1) is 0 Å². The van der Waals surface area contributed by atoms with E-state index in [2.05, 4.69) is 30.2 Å². The number of nitrogens with zero attached hydrogens (tertiary/aromatic N) is 7. The van der Waals surface area contributed by atoms with Gasteiger partial charge in [-0.3, -0.25) is 4.98 Å². The summed E-state index contributed by atoms with van der Waals surface area (Å²) in [7, 11) is 0. The quantitative estimate of drug-likeness (QED) is 0.163. The van der Waals surface area contributed by atoms with E-state index >= 15 is 0 Å². The van der Waals surface area contributed by atoms with Gasteiger partial charge in [0.2, 0.25) is 0 Å². The van der Waals surface area contributed by atoms with Gasteiger partial charge in [0, 0.05) is 18.7 Å². The summed E-state index contributed by atoms with van der Waals surface area (Å²) in [6.45, 7) is 16.8. The van der Waals surface area contributed by atoms with Crippen molar-refractivity contribution in [2.45, 2.75) is 123 Å². The predicted molar refractivity (Wildman–Crippen MR) is 211 cm³/mol. The summed E-state index contributed by atoms with van der Waals surface area (Å²) in [4.78, 5) is 61.1. The number of pyridine rings is 1. The highest BCUT2D eigenvalue weighted by atomic mass is 19.2. The molecule has 1 saturated heterocycles. The van der Waals surface area contributed by atoms with Crippen LogP contribution >= 0.6 is 0 Å². The van der Waals surface area contributed by atoms with E-state index in [1.807, 2.05) is 0 Å². The Hall–Kier alpha value is -5.45. The van der Waals surface area contributed by atoms with Crippen LogP contribution in [0.25, 0.3) is 22.4 Å². The first kappa shape index (κ1) is 42.2. The van der Waals surface area contributed by atoms with Crippen molar-refractivity contribution in [2.24, 2.45) is 0 Å². The molecule has 1 saturated carbocycles. The van der Waals surface area contributed by atoms with Crippen molar-refractivity contribution in [3.8, 4) is 11.3 Å². The van der Waals surface area contributed by atoms with Crippen LogP contribution < -0.4 is 15.1 Å². The Morgan fingerprint density at radius 2 is 1.55 bits per heavy atom. The Bertz CT molecular complexity index is 2150. The van der Waals surface area contributed by atoms with E-state index in [1.54, 1.807) is 79.1 Å².